The van der Waals surface area contributed by atoms with Crippen molar-refractivity contribution in [2.24, 2.45) is 5.73 Å². The van der Waals surface area contributed by atoms with E-state index in [1.165, 1.54) is 6.20 Å². The molecule has 0 saturated heterocycles. The number of rotatable bonds is 1. The van der Waals surface area contributed by atoms with E-state index in [0.717, 1.165) is 16.8 Å². The topological polar surface area (TPSA) is 80.1 Å². The van der Waals surface area contributed by atoms with Gasteiger partial charge in [-0.3, -0.25) is 9.81 Å². The highest BCUT2D eigenvalue weighted by Crippen LogP contribution is 2.27. The van der Waals surface area contributed by atoms with Gasteiger partial charge in [0.15, 0.2) is 11.3 Å². The van der Waals surface area contributed by atoms with Gasteiger partial charge >= 0.3 is 6.18 Å². The number of hydrogen-bond acceptors (Lipinski definition) is 3. The minimum absolute atomic E-state index is 0.0999. The van der Waals surface area contributed by atoms with Gasteiger partial charge in [-0.2, -0.15) is 13.2 Å². The SMILES string of the molecule is CC.N=C(N)c1cnc2cnc(C(F)(F)F)cn12. The Labute approximate surface area is 101 Å². The molecule has 0 atom stereocenters. The second-order valence-electron chi connectivity index (χ2n) is 3.06. The van der Waals surface area contributed by atoms with Crippen molar-refractivity contribution in [1.29, 1.82) is 5.41 Å². The lowest BCUT2D eigenvalue weighted by Crippen LogP contribution is -2.15. The fourth-order valence-corrected chi connectivity index (χ4v) is 1.23. The van der Waals surface area contributed by atoms with Crippen molar-refractivity contribution in [2.75, 3.05) is 0 Å². The van der Waals surface area contributed by atoms with E-state index in [2.05, 4.69) is 9.97 Å². The van der Waals surface area contributed by atoms with Gasteiger partial charge in [0, 0.05) is 6.20 Å². The van der Waals surface area contributed by atoms with Gasteiger partial charge in [0.2, 0.25) is 0 Å². The number of alkyl halides is 3. The monoisotopic (exact) mass is 259 g/mol. The summed E-state index contributed by atoms with van der Waals surface area (Å²) in [5.74, 6) is -0.355. The number of aromatic nitrogens is 3. The van der Waals surface area contributed by atoms with Gasteiger partial charge in [-0.05, 0) is 0 Å². The van der Waals surface area contributed by atoms with Crippen molar-refractivity contribution in [3.05, 3.63) is 30.0 Å². The molecule has 98 valence electrons. The molecule has 0 amide bonds. The molecule has 0 spiro atoms. The summed E-state index contributed by atoms with van der Waals surface area (Å²) >= 11 is 0. The Kier molecular flexibility index (Phi) is 3.89. The summed E-state index contributed by atoms with van der Waals surface area (Å²) in [5, 5.41) is 7.18. The van der Waals surface area contributed by atoms with Gasteiger partial charge in [-0.25, -0.2) is 9.97 Å². The highest BCUT2D eigenvalue weighted by molar-refractivity contribution is 5.93. The van der Waals surface area contributed by atoms with E-state index in [4.69, 9.17) is 11.1 Å². The lowest BCUT2D eigenvalue weighted by Gasteiger charge is -2.06. The molecule has 0 aliphatic heterocycles. The van der Waals surface area contributed by atoms with Crippen LogP contribution in [-0.2, 0) is 6.18 Å². The molecule has 0 aromatic carbocycles. The van der Waals surface area contributed by atoms with Crippen LogP contribution in [0.3, 0.4) is 0 Å². The van der Waals surface area contributed by atoms with Crippen molar-refractivity contribution < 1.29 is 13.2 Å². The van der Waals surface area contributed by atoms with Gasteiger partial charge in [0.05, 0.1) is 12.4 Å². The Balaban J connectivity index is 0.000000771. The molecule has 0 radical (unpaired) electrons. The fourth-order valence-electron chi connectivity index (χ4n) is 1.23. The third-order valence-corrected chi connectivity index (χ3v) is 1.96. The zero-order valence-corrected chi connectivity index (χ0v) is 9.78. The molecule has 18 heavy (non-hydrogen) atoms. The lowest BCUT2D eigenvalue weighted by atomic mass is 10.4. The summed E-state index contributed by atoms with van der Waals surface area (Å²) in [6.45, 7) is 4.00. The summed E-state index contributed by atoms with van der Waals surface area (Å²) < 4.78 is 38.2. The number of nitrogen functional groups attached to an aromatic ring is 1. The minimum atomic E-state index is -4.54. The average Bonchev–Trinajstić information content (AvgIpc) is 2.73. The Hall–Kier alpha value is -2.12. The molecular weight excluding hydrogens is 247 g/mol. The third-order valence-electron chi connectivity index (χ3n) is 1.96. The first-order valence-electron chi connectivity index (χ1n) is 5.14. The van der Waals surface area contributed by atoms with E-state index in [9.17, 15) is 13.2 Å². The quantitative estimate of drug-likeness (QED) is 0.607. The van der Waals surface area contributed by atoms with Crippen LogP contribution >= 0.6 is 0 Å². The van der Waals surface area contributed by atoms with Crippen molar-refractivity contribution >= 4 is 11.5 Å². The van der Waals surface area contributed by atoms with E-state index in [1.807, 2.05) is 13.8 Å². The fraction of sp³-hybridized carbons (Fsp3) is 0.300. The van der Waals surface area contributed by atoms with Crippen LogP contribution in [0.4, 0.5) is 13.2 Å². The Bertz CT molecular complexity index is 558. The zero-order valence-electron chi connectivity index (χ0n) is 9.78. The average molecular weight is 259 g/mol. The number of nitrogens with zero attached hydrogens (tertiary/aromatic N) is 3. The lowest BCUT2D eigenvalue weighted by molar-refractivity contribution is -0.141. The summed E-state index contributed by atoms with van der Waals surface area (Å²) in [5.41, 5.74) is 4.46. The summed E-state index contributed by atoms with van der Waals surface area (Å²) in [7, 11) is 0. The minimum Gasteiger partial charge on any atom is -0.382 e. The van der Waals surface area contributed by atoms with Gasteiger partial charge < -0.3 is 5.73 Å². The maximum absolute atomic E-state index is 12.4. The highest BCUT2D eigenvalue weighted by atomic mass is 19.4. The number of imidazole rings is 1. The van der Waals surface area contributed by atoms with Crippen LogP contribution < -0.4 is 5.73 Å². The molecule has 2 aromatic heterocycles. The third kappa shape index (κ3) is 2.58. The predicted octanol–water partition coefficient (Wildman–Crippen LogP) is 2.06. The van der Waals surface area contributed by atoms with E-state index in [1.54, 1.807) is 0 Å². The van der Waals surface area contributed by atoms with E-state index in [0.29, 0.717) is 0 Å². The smallest absolute Gasteiger partial charge is 0.382 e. The van der Waals surface area contributed by atoms with Crippen LogP contribution in [0.25, 0.3) is 5.65 Å². The van der Waals surface area contributed by atoms with Gasteiger partial charge in [-0.15, -0.1) is 0 Å². The summed E-state index contributed by atoms with van der Waals surface area (Å²) in [6, 6.07) is 0. The molecule has 0 unspecified atom stereocenters. The van der Waals surface area contributed by atoms with Crippen LogP contribution in [0.5, 0.6) is 0 Å². The van der Waals surface area contributed by atoms with Crippen LogP contribution in [0.15, 0.2) is 18.6 Å². The van der Waals surface area contributed by atoms with Crippen molar-refractivity contribution in [2.45, 2.75) is 20.0 Å². The molecule has 0 bridgehead atoms. The first kappa shape index (κ1) is 13.9. The van der Waals surface area contributed by atoms with Crippen molar-refractivity contribution in [3.8, 4) is 0 Å². The number of hydrogen-bond donors (Lipinski definition) is 2. The molecule has 5 nitrogen and oxygen atoms in total. The molecule has 2 aromatic rings. The Morgan fingerprint density at radius 2 is 1.89 bits per heavy atom. The molecule has 0 fully saturated rings. The van der Waals surface area contributed by atoms with Gasteiger partial charge in [0.1, 0.15) is 11.5 Å². The maximum Gasteiger partial charge on any atom is 0.434 e. The van der Waals surface area contributed by atoms with E-state index >= 15 is 0 Å². The van der Waals surface area contributed by atoms with Crippen LogP contribution in [0.1, 0.15) is 25.2 Å². The molecule has 0 saturated carbocycles. The number of nitrogens with two attached hydrogens (primary N) is 1. The molecular formula is C10H12F3N5. The predicted molar refractivity (Wildman–Crippen MR) is 60.4 cm³/mol. The molecule has 2 rings (SSSR count). The van der Waals surface area contributed by atoms with Crippen LogP contribution in [-0.4, -0.2) is 20.2 Å². The molecule has 3 N–H and O–H groups in total. The van der Waals surface area contributed by atoms with Crippen LogP contribution in [0.2, 0.25) is 0 Å². The standard InChI is InChI=1S/C8H6F3N5.C2H6/c9-8(10,11)5-3-16-4(7(12)13)1-15-6(16)2-14-5;1-2/h1-3H,(H3,12,13);1-2H3. The Morgan fingerprint density at radius 1 is 1.28 bits per heavy atom. The van der Waals surface area contributed by atoms with Crippen molar-refractivity contribution in [3.63, 3.8) is 0 Å². The van der Waals surface area contributed by atoms with Crippen LogP contribution in [0, 0.1) is 5.41 Å². The number of amidine groups is 1. The Morgan fingerprint density at radius 3 is 2.39 bits per heavy atom. The van der Waals surface area contributed by atoms with Crippen molar-refractivity contribution in [1.82, 2.24) is 14.4 Å². The number of nitrogens with one attached hydrogen (secondary N) is 1. The maximum atomic E-state index is 12.4. The summed E-state index contributed by atoms with van der Waals surface area (Å²) in [6.07, 6.45) is -1.57. The molecule has 2 heterocycles. The second-order valence-corrected chi connectivity index (χ2v) is 3.06. The van der Waals surface area contributed by atoms with Gasteiger partial charge in [0.25, 0.3) is 0 Å². The molecule has 0 aliphatic carbocycles. The zero-order chi connectivity index (χ0) is 13.9. The summed E-state index contributed by atoms with van der Waals surface area (Å²) in [4.78, 5) is 7.01. The van der Waals surface area contributed by atoms with E-state index in [-0.39, 0.29) is 17.2 Å². The first-order chi connectivity index (χ1) is 8.39. The first-order valence-corrected chi connectivity index (χ1v) is 5.14. The normalized spacial score (nSPS) is 10.9. The second kappa shape index (κ2) is 5.03. The number of halogens is 3. The highest BCUT2D eigenvalue weighted by Gasteiger charge is 2.33. The largest absolute Gasteiger partial charge is 0.434 e. The van der Waals surface area contributed by atoms with E-state index < -0.39 is 11.9 Å². The molecule has 0 aliphatic rings. The van der Waals surface area contributed by atoms with Gasteiger partial charge in [-0.1, -0.05) is 13.8 Å². The molecule has 8 heteroatoms. The number of fused-ring (bicyclic) bond motifs is 1.